The predicted molar refractivity (Wildman–Crippen MR) is 133 cm³/mol. The van der Waals surface area contributed by atoms with Gasteiger partial charge in [0.05, 0.1) is 29.8 Å². The second-order valence-corrected chi connectivity index (χ2v) is 9.89. The van der Waals surface area contributed by atoms with E-state index in [9.17, 15) is 4.79 Å². The maximum Gasteiger partial charge on any atom is 0.264 e. The lowest BCUT2D eigenvalue weighted by Crippen LogP contribution is -2.40. The van der Waals surface area contributed by atoms with Gasteiger partial charge in [0.1, 0.15) is 4.83 Å². The van der Waals surface area contributed by atoms with Crippen LogP contribution in [0.3, 0.4) is 0 Å². The number of amides is 1. The maximum atomic E-state index is 13.2. The molecule has 2 aromatic carbocycles. The number of halogens is 1. The molecule has 1 fully saturated rings. The first kappa shape index (κ1) is 22.1. The number of hydrogen-bond acceptors (Lipinski definition) is 4. The van der Waals surface area contributed by atoms with E-state index < -0.39 is 0 Å². The minimum Gasteiger partial charge on any atom is -0.373 e. The Morgan fingerprint density at radius 3 is 2.61 bits per heavy atom. The molecule has 2 aromatic heterocycles. The first-order valence-corrected chi connectivity index (χ1v) is 12.4. The number of aryl methyl sites for hydroxylation is 1. The van der Waals surface area contributed by atoms with Crippen LogP contribution in [-0.4, -0.2) is 39.8 Å². The van der Waals surface area contributed by atoms with Crippen LogP contribution in [0, 0.1) is 6.92 Å². The van der Waals surface area contributed by atoms with Gasteiger partial charge in [-0.05, 0) is 43.0 Å². The third-order valence-electron chi connectivity index (χ3n) is 6.15. The number of aromatic nitrogens is 2. The van der Waals surface area contributed by atoms with Crippen molar-refractivity contribution in [1.82, 2.24) is 14.7 Å². The SMILES string of the molecule is Cc1nn(Cc2ccccc2Cl)c2sc(C(=O)N3CCC(OCc4ccccc4)CC3)cc12. The summed E-state index contributed by atoms with van der Waals surface area (Å²) in [5.74, 6) is 0.0985. The van der Waals surface area contributed by atoms with E-state index in [1.807, 2.05) is 65.0 Å². The molecule has 1 aliphatic heterocycles. The van der Waals surface area contributed by atoms with E-state index >= 15 is 0 Å². The number of thiophene rings is 1. The minimum absolute atomic E-state index is 0.0985. The van der Waals surface area contributed by atoms with Crippen molar-refractivity contribution in [3.05, 3.63) is 87.4 Å². The van der Waals surface area contributed by atoms with Crippen LogP contribution < -0.4 is 0 Å². The molecular weight excluding hydrogens is 454 g/mol. The van der Waals surface area contributed by atoms with Crippen molar-refractivity contribution in [3.63, 3.8) is 0 Å². The average molecular weight is 480 g/mol. The molecule has 0 N–H and O–H groups in total. The van der Waals surface area contributed by atoms with Gasteiger partial charge in [0.15, 0.2) is 0 Å². The van der Waals surface area contributed by atoms with E-state index in [1.54, 1.807) is 0 Å². The Bertz CT molecular complexity index is 1260. The maximum absolute atomic E-state index is 13.2. The minimum atomic E-state index is 0.0985. The van der Waals surface area contributed by atoms with Gasteiger partial charge in [0.25, 0.3) is 5.91 Å². The average Bonchev–Trinajstić information content (AvgIpc) is 3.41. The summed E-state index contributed by atoms with van der Waals surface area (Å²) in [5.41, 5.74) is 3.13. The summed E-state index contributed by atoms with van der Waals surface area (Å²) in [7, 11) is 0. The zero-order valence-electron chi connectivity index (χ0n) is 18.5. The second-order valence-electron chi connectivity index (χ2n) is 8.45. The van der Waals surface area contributed by atoms with Gasteiger partial charge in [-0.15, -0.1) is 11.3 Å². The van der Waals surface area contributed by atoms with E-state index in [-0.39, 0.29) is 12.0 Å². The van der Waals surface area contributed by atoms with Gasteiger partial charge >= 0.3 is 0 Å². The zero-order valence-corrected chi connectivity index (χ0v) is 20.1. The van der Waals surface area contributed by atoms with Crippen LogP contribution >= 0.6 is 22.9 Å². The summed E-state index contributed by atoms with van der Waals surface area (Å²) in [5, 5.41) is 6.45. The molecule has 0 radical (unpaired) electrons. The van der Waals surface area contributed by atoms with Crippen LogP contribution in [0.5, 0.6) is 0 Å². The number of piperidine rings is 1. The molecule has 3 heterocycles. The molecule has 5 nitrogen and oxygen atoms in total. The summed E-state index contributed by atoms with van der Waals surface area (Å²) >= 11 is 7.86. The van der Waals surface area contributed by atoms with Gasteiger partial charge in [-0.2, -0.15) is 5.10 Å². The first-order chi connectivity index (χ1) is 16.1. The number of rotatable bonds is 6. The summed E-state index contributed by atoms with van der Waals surface area (Å²) < 4.78 is 8.03. The van der Waals surface area contributed by atoms with Crippen molar-refractivity contribution in [1.29, 1.82) is 0 Å². The molecule has 0 bridgehead atoms. The molecule has 0 unspecified atom stereocenters. The van der Waals surface area contributed by atoms with Crippen molar-refractivity contribution in [2.24, 2.45) is 0 Å². The van der Waals surface area contributed by atoms with Crippen LogP contribution in [0.4, 0.5) is 0 Å². The highest BCUT2D eigenvalue weighted by molar-refractivity contribution is 7.20. The van der Waals surface area contributed by atoms with Gasteiger partial charge < -0.3 is 9.64 Å². The number of nitrogens with zero attached hydrogens (tertiary/aromatic N) is 3. The van der Waals surface area contributed by atoms with Gasteiger partial charge in [-0.25, -0.2) is 0 Å². The standard InChI is InChI=1S/C26H26ClN3O2S/c1-18-22-15-24(33-26(22)30(28-18)16-20-9-5-6-10-23(20)27)25(31)29-13-11-21(12-14-29)32-17-19-7-3-2-4-8-19/h2-10,15,21H,11-14,16-17H2,1H3. The monoisotopic (exact) mass is 479 g/mol. The molecule has 0 spiro atoms. The molecule has 0 saturated carbocycles. The Kier molecular flexibility index (Phi) is 6.49. The molecule has 170 valence electrons. The lowest BCUT2D eigenvalue weighted by molar-refractivity contribution is -0.000268. The Labute approximate surface area is 202 Å². The van der Waals surface area contributed by atoms with Gasteiger partial charge in [0.2, 0.25) is 0 Å². The smallest absolute Gasteiger partial charge is 0.264 e. The van der Waals surface area contributed by atoms with E-state index in [0.717, 1.165) is 57.3 Å². The number of carbonyl (C=O) groups excluding carboxylic acids is 1. The van der Waals surface area contributed by atoms with E-state index in [0.29, 0.717) is 13.2 Å². The van der Waals surface area contributed by atoms with Crippen LogP contribution in [0.25, 0.3) is 10.2 Å². The quantitative estimate of drug-likeness (QED) is 0.344. The number of hydrogen-bond donors (Lipinski definition) is 0. The Balaban J connectivity index is 1.24. The first-order valence-electron chi connectivity index (χ1n) is 11.2. The fourth-order valence-corrected chi connectivity index (χ4v) is 5.61. The zero-order chi connectivity index (χ0) is 22.8. The number of fused-ring (bicyclic) bond motifs is 1. The Hall–Kier alpha value is -2.67. The fraction of sp³-hybridized carbons (Fsp3) is 0.308. The Morgan fingerprint density at radius 1 is 1.12 bits per heavy atom. The molecule has 5 rings (SSSR count). The molecule has 33 heavy (non-hydrogen) atoms. The van der Waals surface area contributed by atoms with Crippen molar-refractivity contribution >= 4 is 39.1 Å². The second kappa shape index (κ2) is 9.67. The number of likely N-dealkylation sites (tertiary alicyclic amines) is 1. The van der Waals surface area contributed by atoms with Crippen LogP contribution in [-0.2, 0) is 17.9 Å². The molecular formula is C26H26ClN3O2S. The summed E-state index contributed by atoms with van der Waals surface area (Å²) in [6, 6.07) is 20.0. The lowest BCUT2D eigenvalue weighted by atomic mass is 10.1. The van der Waals surface area contributed by atoms with E-state index in [4.69, 9.17) is 16.3 Å². The molecule has 7 heteroatoms. The largest absolute Gasteiger partial charge is 0.373 e. The number of benzene rings is 2. The summed E-state index contributed by atoms with van der Waals surface area (Å²) in [6.45, 7) is 4.63. The molecule has 1 aliphatic rings. The van der Waals surface area contributed by atoms with Crippen LogP contribution in [0.2, 0.25) is 5.02 Å². The van der Waals surface area contributed by atoms with E-state index in [1.165, 1.54) is 16.9 Å². The van der Waals surface area contributed by atoms with Crippen LogP contribution in [0.15, 0.2) is 60.7 Å². The highest BCUT2D eigenvalue weighted by atomic mass is 35.5. The third-order valence-corrected chi connectivity index (χ3v) is 7.66. The fourth-order valence-electron chi connectivity index (χ4n) is 4.28. The van der Waals surface area contributed by atoms with Crippen LogP contribution in [0.1, 0.15) is 39.3 Å². The number of ether oxygens (including phenoxy) is 1. The molecule has 4 aromatic rings. The van der Waals surface area contributed by atoms with Gasteiger partial charge in [-0.1, -0.05) is 60.1 Å². The lowest BCUT2D eigenvalue weighted by Gasteiger charge is -2.31. The molecule has 0 atom stereocenters. The predicted octanol–water partition coefficient (Wildman–Crippen LogP) is 5.93. The normalized spacial score (nSPS) is 14.8. The van der Waals surface area contributed by atoms with Gasteiger partial charge in [0, 0.05) is 23.5 Å². The number of carbonyl (C=O) groups is 1. The van der Waals surface area contributed by atoms with E-state index in [2.05, 4.69) is 17.2 Å². The third kappa shape index (κ3) is 4.83. The molecule has 1 saturated heterocycles. The van der Waals surface area contributed by atoms with Crippen molar-refractivity contribution in [2.45, 2.75) is 39.0 Å². The molecule has 1 amide bonds. The highest BCUT2D eigenvalue weighted by Gasteiger charge is 2.26. The van der Waals surface area contributed by atoms with Gasteiger partial charge in [-0.3, -0.25) is 9.48 Å². The summed E-state index contributed by atoms with van der Waals surface area (Å²) in [4.78, 5) is 17.0. The summed E-state index contributed by atoms with van der Waals surface area (Å²) in [6.07, 6.45) is 1.93. The Morgan fingerprint density at radius 2 is 1.85 bits per heavy atom. The molecule has 0 aliphatic carbocycles. The topological polar surface area (TPSA) is 47.4 Å². The van der Waals surface area contributed by atoms with Crippen molar-refractivity contribution < 1.29 is 9.53 Å². The van der Waals surface area contributed by atoms with Crippen molar-refractivity contribution in [2.75, 3.05) is 13.1 Å². The van der Waals surface area contributed by atoms with Crippen molar-refractivity contribution in [3.8, 4) is 0 Å². The highest BCUT2D eigenvalue weighted by Crippen LogP contribution is 2.31.